The van der Waals surface area contributed by atoms with Crippen LogP contribution in [0, 0.1) is 23.7 Å². The Morgan fingerprint density at radius 1 is 1.05 bits per heavy atom. The summed E-state index contributed by atoms with van der Waals surface area (Å²) in [4.78, 5) is 9.17. The Morgan fingerprint density at radius 2 is 1.74 bits per heavy atom. The maximum Gasteiger partial charge on any atom is 0.129 e. The molecule has 0 atom stereocenters. The van der Waals surface area contributed by atoms with E-state index in [-0.39, 0.29) is 0 Å². The van der Waals surface area contributed by atoms with E-state index in [1.807, 2.05) is 6.20 Å². The molecule has 19 heavy (non-hydrogen) atoms. The first-order valence-electron chi connectivity index (χ1n) is 7.85. The summed E-state index contributed by atoms with van der Waals surface area (Å²) in [5.41, 5.74) is 6.94. The normalized spacial score (nSPS) is 39.7. The lowest BCUT2D eigenvalue weighted by atomic mass is 9.51. The molecule has 0 unspecified atom stereocenters. The Morgan fingerprint density at radius 3 is 2.37 bits per heavy atom. The molecule has 2 N–H and O–H groups in total. The van der Waals surface area contributed by atoms with Crippen molar-refractivity contribution in [3.63, 3.8) is 0 Å². The maximum absolute atomic E-state index is 5.63. The quantitative estimate of drug-likeness (QED) is 0.905. The van der Waals surface area contributed by atoms with Crippen molar-refractivity contribution < 1.29 is 0 Å². The monoisotopic (exact) mass is 257 g/mol. The van der Waals surface area contributed by atoms with Crippen LogP contribution in [0.3, 0.4) is 0 Å². The Bertz CT molecular complexity index is 443. The lowest BCUT2D eigenvalue weighted by molar-refractivity contribution is -0.00425. The Balaban J connectivity index is 1.63. The first-order valence-corrected chi connectivity index (χ1v) is 7.85. The van der Waals surface area contributed by atoms with E-state index in [1.54, 1.807) is 0 Å². The SMILES string of the molecule is NCCc1nccc(C2C3CC4CC(C3)CC2C4)n1. The summed E-state index contributed by atoms with van der Waals surface area (Å²) < 4.78 is 0. The minimum Gasteiger partial charge on any atom is -0.330 e. The van der Waals surface area contributed by atoms with E-state index in [9.17, 15) is 0 Å². The van der Waals surface area contributed by atoms with Gasteiger partial charge < -0.3 is 5.73 Å². The molecule has 102 valence electrons. The lowest BCUT2D eigenvalue weighted by Gasteiger charge is -2.54. The van der Waals surface area contributed by atoms with Crippen molar-refractivity contribution in [3.8, 4) is 0 Å². The molecule has 4 aliphatic carbocycles. The highest BCUT2D eigenvalue weighted by Gasteiger charge is 2.49. The Labute approximate surface area is 115 Å². The maximum atomic E-state index is 5.63. The third-order valence-electron chi connectivity index (χ3n) is 5.66. The van der Waals surface area contributed by atoms with Crippen LogP contribution in [-0.4, -0.2) is 16.5 Å². The molecular formula is C16H23N3. The summed E-state index contributed by atoms with van der Waals surface area (Å²) in [7, 11) is 0. The second-order valence-electron chi connectivity index (χ2n) is 6.89. The molecule has 0 aromatic carbocycles. The fourth-order valence-electron chi connectivity index (χ4n) is 5.26. The van der Waals surface area contributed by atoms with Gasteiger partial charge in [-0.2, -0.15) is 0 Å². The van der Waals surface area contributed by atoms with Crippen LogP contribution >= 0.6 is 0 Å². The topological polar surface area (TPSA) is 51.8 Å². The van der Waals surface area contributed by atoms with Gasteiger partial charge >= 0.3 is 0 Å². The van der Waals surface area contributed by atoms with Gasteiger partial charge in [-0.05, 0) is 68.4 Å². The smallest absolute Gasteiger partial charge is 0.129 e. The number of hydrogen-bond donors (Lipinski definition) is 1. The first-order chi connectivity index (χ1) is 9.33. The average Bonchev–Trinajstić information content (AvgIpc) is 2.38. The number of nitrogens with zero attached hydrogens (tertiary/aromatic N) is 2. The fourth-order valence-corrected chi connectivity index (χ4v) is 5.26. The highest BCUT2D eigenvalue weighted by atomic mass is 14.9. The van der Waals surface area contributed by atoms with Gasteiger partial charge in [0.05, 0.1) is 0 Å². The molecule has 4 fully saturated rings. The largest absolute Gasteiger partial charge is 0.330 e. The van der Waals surface area contributed by atoms with Crippen LogP contribution in [0.4, 0.5) is 0 Å². The molecule has 3 nitrogen and oxygen atoms in total. The summed E-state index contributed by atoms with van der Waals surface area (Å²) >= 11 is 0. The molecule has 3 heteroatoms. The molecule has 4 saturated carbocycles. The molecule has 0 radical (unpaired) electrons. The van der Waals surface area contributed by atoms with Crippen molar-refractivity contribution in [2.45, 2.75) is 44.4 Å². The van der Waals surface area contributed by atoms with Crippen LogP contribution in [0.15, 0.2) is 12.3 Å². The van der Waals surface area contributed by atoms with Gasteiger partial charge in [0.1, 0.15) is 5.82 Å². The predicted molar refractivity (Wildman–Crippen MR) is 74.6 cm³/mol. The number of rotatable bonds is 3. The molecule has 5 rings (SSSR count). The third-order valence-corrected chi connectivity index (χ3v) is 5.66. The first kappa shape index (κ1) is 11.8. The zero-order valence-electron chi connectivity index (χ0n) is 11.5. The summed E-state index contributed by atoms with van der Waals surface area (Å²) in [6, 6.07) is 2.16. The second kappa shape index (κ2) is 4.55. The van der Waals surface area contributed by atoms with Crippen LogP contribution in [0.1, 0.15) is 49.5 Å². The molecule has 4 bridgehead atoms. The molecule has 1 aromatic heterocycles. The Hall–Kier alpha value is -0.960. The van der Waals surface area contributed by atoms with E-state index in [1.165, 1.54) is 37.8 Å². The average molecular weight is 257 g/mol. The van der Waals surface area contributed by atoms with E-state index >= 15 is 0 Å². The Kier molecular flexibility index (Phi) is 2.83. The third kappa shape index (κ3) is 1.99. The zero-order valence-corrected chi connectivity index (χ0v) is 11.5. The van der Waals surface area contributed by atoms with Gasteiger partial charge in [-0.3, -0.25) is 0 Å². The molecule has 1 aromatic rings. The van der Waals surface area contributed by atoms with Gasteiger partial charge in [0.15, 0.2) is 0 Å². The number of aromatic nitrogens is 2. The molecule has 4 aliphatic rings. The van der Waals surface area contributed by atoms with Crippen molar-refractivity contribution in [1.29, 1.82) is 0 Å². The minimum absolute atomic E-state index is 0.644. The van der Waals surface area contributed by atoms with Gasteiger partial charge in [-0.25, -0.2) is 9.97 Å². The van der Waals surface area contributed by atoms with E-state index in [0.717, 1.165) is 35.9 Å². The van der Waals surface area contributed by atoms with E-state index < -0.39 is 0 Å². The molecule has 0 saturated heterocycles. The van der Waals surface area contributed by atoms with Gasteiger partial charge in [0.25, 0.3) is 0 Å². The van der Waals surface area contributed by atoms with E-state index in [4.69, 9.17) is 10.7 Å². The van der Waals surface area contributed by atoms with Gasteiger partial charge in [-0.15, -0.1) is 0 Å². The molecule has 0 amide bonds. The molecule has 0 aliphatic heterocycles. The zero-order chi connectivity index (χ0) is 12.8. The number of nitrogens with two attached hydrogens (primary N) is 1. The van der Waals surface area contributed by atoms with E-state index in [0.29, 0.717) is 12.5 Å². The van der Waals surface area contributed by atoms with Crippen LogP contribution in [0.5, 0.6) is 0 Å². The van der Waals surface area contributed by atoms with Crippen molar-refractivity contribution in [3.05, 3.63) is 23.8 Å². The summed E-state index contributed by atoms with van der Waals surface area (Å²) in [5.74, 6) is 5.52. The van der Waals surface area contributed by atoms with Gasteiger partial charge in [0, 0.05) is 24.2 Å². The van der Waals surface area contributed by atoms with Crippen LogP contribution < -0.4 is 5.73 Å². The fraction of sp³-hybridized carbons (Fsp3) is 0.750. The molecule has 0 spiro atoms. The summed E-state index contributed by atoms with van der Waals surface area (Å²) in [6.45, 7) is 0.644. The van der Waals surface area contributed by atoms with Gasteiger partial charge in [-0.1, -0.05) is 0 Å². The lowest BCUT2D eigenvalue weighted by Crippen LogP contribution is -2.44. The standard InChI is InChI=1S/C16H23N3/c17-3-1-15-18-4-2-14(19-15)16-12-6-10-5-11(8-12)9-13(16)7-10/h2,4,10-13,16H,1,3,5-9,17H2. The highest BCUT2D eigenvalue weighted by Crippen LogP contribution is 2.59. The highest BCUT2D eigenvalue weighted by molar-refractivity contribution is 5.16. The molecule has 1 heterocycles. The van der Waals surface area contributed by atoms with Crippen LogP contribution in [0.25, 0.3) is 0 Å². The van der Waals surface area contributed by atoms with Gasteiger partial charge in [0.2, 0.25) is 0 Å². The second-order valence-corrected chi connectivity index (χ2v) is 6.89. The van der Waals surface area contributed by atoms with Crippen LogP contribution in [-0.2, 0) is 6.42 Å². The molecular weight excluding hydrogens is 234 g/mol. The summed E-state index contributed by atoms with van der Waals surface area (Å²) in [6.07, 6.45) is 10.1. The van der Waals surface area contributed by atoms with Crippen molar-refractivity contribution >= 4 is 0 Å². The predicted octanol–water partition coefficient (Wildman–Crippen LogP) is 2.52. The minimum atomic E-state index is 0.644. The number of hydrogen-bond acceptors (Lipinski definition) is 3. The van der Waals surface area contributed by atoms with E-state index in [2.05, 4.69) is 11.1 Å². The van der Waals surface area contributed by atoms with Crippen molar-refractivity contribution in [2.75, 3.05) is 6.54 Å². The van der Waals surface area contributed by atoms with Crippen LogP contribution in [0.2, 0.25) is 0 Å². The van der Waals surface area contributed by atoms with Crippen molar-refractivity contribution in [1.82, 2.24) is 9.97 Å². The summed E-state index contributed by atoms with van der Waals surface area (Å²) in [5, 5.41) is 0. The van der Waals surface area contributed by atoms with Crippen molar-refractivity contribution in [2.24, 2.45) is 29.4 Å².